The van der Waals surface area contributed by atoms with E-state index in [1.54, 1.807) is 0 Å². The Morgan fingerprint density at radius 3 is 2.44 bits per heavy atom. The van der Waals surface area contributed by atoms with Gasteiger partial charge >= 0.3 is 0 Å². The molecule has 0 aromatic rings. The van der Waals surface area contributed by atoms with Crippen molar-refractivity contribution >= 4 is 5.91 Å². The van der Waals surface area contributed by atoms with Crippen LogP contribution in [0.15, 0.2) is 0 Å². The predicted molar refractivity (Wildman–Crippen MR) is 66.2 cm³/mol. The molecule has 0 radical (unpaired) electrons. The molecule has 0 spiro atoms. The zero-order valence-electron chi connectivity index (χ0n) is 10.8. The number of nitrogens with two attached hydrogens (primary N) is 1. The van der Waals surface area contributed by atoms with E-state index in [-0.39, 0.29) is 11.9 Å². The lowest BCUT2D eigenvalue weighted by atomic mass is 10.0. The smallest absolute Gasteiger partial charge is 0.239 e. The molecule has 0 saturated carbocycles. The Balaban J connectivity index is 2.38. The first kappa shape index (κ1) is 13.5. The Kier molecular flexibility index (Phi) is 5.22. The molecular weight excluding hydrogens is 202 g/mol. The van der Waals surface area contributed by atoms with Gasteiger partial charge in [-0.1, -0.05) is 13.3 Å². The van der Waals surface area contributed by atoms with Crippen molar-refractivity contribution in [2.75, 3.05) is 27.2 Å². The number of nitrogens with zero attached hydrogens (tertiary/aromatic N) is 2. The zero-order valence-corrected chi connectivity index (χ0v) is 10.8. The Hall–Kier alpha value is -0.610. The Labute approximate surface area is 98.8 Å². The first-order chi connectivity index (χ1) is 7.56. The highest BCUT2D eigenvalue weighted by Crippen LogP contribution is 2.15. The average molecular weight is 227 g/mol. The van der Waals surface area contributed by atoms with E-state index in [9.17, 15) is 4.79 Å². The van der Waals surface area contributed by atoms with Crippen LogP contribution < -0.4 is 5.73 Å². The predicted octanol–water partition coefficient (Wildman–Crippen LogP) is 0.666. The third kappa shape index (κ3) is 3.46. The van der Waals surface area contributed by atoms with Gasteiger partial charge in [-0.05, 0) is 33.4 Å². The lowest BCUT2D eigenvalue weighted by Gasteiger charge is -2.36. The molecule has 1 atom stereocenters. The van der Waals surface area contributed by atoms with Crippen LogP contribution in [0.3, 0.4) is 0 Å². The summed E-state index contributed by atoms with van der Waals surface area (Å²) in [7, 11) is 4.20. The SMILES string of the molecule is CCC[C@H](N)C(=O)N1CCC(N(C)C)CC1. The van der Waals surface area contributed by atoms with Crippen molar-refractivity contribution in [3.05, 3.63) is 0 Å². The molecule has 1 aliphatic rings. The van der Waals surface area contributed by atoms with Gasteiger partial charge in [0.1, 0.15) is 0 Å². The van der Waals surface area contributed by atoms with Gasteiger partial charge in [0.15, 0.2) is 0 Å². The van der Waals surface area contributed by atoms with Crippen LogP contribution in [0, 0.1) is 0 Å². The summed E-state index contributed by atoms with van der Waals surface area (Å²) in [5.41, 5.74) is 5.85. The fraction of sp³-hybridized carbons (Fsp3) is 0.917. The molecule has 1 aliphatic heterocycles. The van der Waals surface area contributed by atoms with Crippen molar-refractivity contribution in [2.45, 2.75) is 44.7 Å². The summed E-state index contributed by atoms with van der Waals surface area (Å²) in [4.78, 5) is 16.1. The summed E-state index contributed by atoms with van der Waals surface area (Å²) in [6, 6.07) is 0.326. The van der Waals surface area contributed by atoms with Crippen LogP contribution in [-0.2, 0) is 4.79 Å². The van der Waals surface area contributed by atoms with Crippen molar-refractivity contribution in [3.63, 3.8) is 0 Å². The summed E-state index contributed by atoms with van der Waals surface area (Å²) in [5.74, 6) is 0.138. The molecule has 94 valence electrons. The van der Waals surface area contributed by atoms with Crippen molar-refractivity contribution in [2.24, 2.45) is 5.73 Å². The molecule has 0 aromatic heterocycles. The Bertz CT molecular complexity index is 222. The summed E-state index contributed by atoms with van der Waals surface area (Å²) in [5, 5.41) is 0. The van der Waals surface area contributed by atoms with Gasteiger partial charge in [-0.3, -0.25) is 4.79 Å². The van der Waals surface area contributed by atoms with Gasteiger partial charge in [-0.25, -0.2) is 0 Å². The standard InChI is InChI=1S/C12H25N3O/c1-4-5-11(13)12(16)15-8-6-10(7-9-15)14(2)3/h10-11H,4-9,13H2,1-3H3/t11-/m0/s1. The first-order valence-electron chi connectivity index (χ1n) is 6.27. The number of hydrogen-bond acceptors (Lipinski definition) is 3. The molecule has 1 saturated heterocycles. The molecule has 4 nitrogen and oxygen atoms in total. The van der Waals surface area contributed by atoms with Crippen molar-refractivity contribution in [1.82, 2.24) is 9.80 Å². The van der Waals surface area contributed by atoms with E-state index in [2.05, 4.69) is 25.9 Å². The monoisotopic (exact) mass is 227 g/mol. The van der Waals surface area contributed by atoms with E-state index in [1.165, 1.54) is 0 Å². The van der Waals surface area contributed by atoms with Crippen molar-refractivity contribution in [3.8, 4) is 0 Å². The lowest BCUT2D eigenvalue weighted by molar-refractivity contribution is -0.134. The quantitative estimate of drug-likeness (QED) is 0.768. The molecule has 1 heterocycles. The molecule has 16 heavy (non-hydrogen) atoms. The number of rotatable bonds is 4. The van der Waals surface area contributed by atoms with Gasteiger partial charge in [0, 0.05) is 19.1 Å². The highest BCUT2D eigenvalue weighted by molar-refractivity contribution is 5.81. The fourth-order valence-corrected chi connectivity index (χ4v) is 2.27. The topological polar surface area (TPSA) is 49.6 Å². The Morgan fingerprint density at radius 2 is 2.00 bits per heavy atom. The maximum Gasteiger partial charge on any atom is 0.239 e. The molecule has 2 N–H and O–H groups in total. The summed E-state index contributed by atoms with van der Waals surface area (Å²) in [6.45, 7) is 3.78. The third-order valence-corrected chi connectivity index (χ3v) is 3.42. The number of likely N-dealkylation sites (tertiary alicyclic amines) is 1. The van der Waals surface area contributed by atoms with E-state index in [0.717, 1.165) is 38.8 Å². The second-order valence-corrected chi connectivity index (χ2v) is 4.92. The summed E-state index contributed by atoms with van der Waals surface area (Å²) < 4.78 is 0. The van der Waals surface area contributed by atoms with Gasteiger partial charge in [0.05, 0.1) is 6.04 Å². The molecule has 0 bridgehead atoms. The largest absolute Gasteiger partial charge is 0.341 e. The molecule has 0 unspecified atom stereocenters. The van der Waals surface area contributed by atoms with Gasteiger partial charge in [0.2, 0.25) is 5.91 Å². The van der Waals surface area contributed by atoms with Crippen LogP contribution in [0.5, 0.6) is 0 Å². The molecule has 1 fully saturated rings. The minimum absolute atomic E-state index is 0.138. The maximum atomic E-state index is 12.0. The van der Waals surface area contributed by atoms with Crippen LogP contribution >= 0.6 is 0 Å². The van der Waals surface area contributed by atoms with Crippen LogP contribution in [0.25, 0.3) is 0 Å². The van der Waals surface area contributed by atoms with Crippen LogP contribution in [0.4, 0.5) is 0 Å². The van der Waals surface area contributed by atoms with Gasteiger partial charge in [-0.15, -0.1) is 0 Å². The molecule has 1 rings (SSSR count). The average Bonchev–Trinajstić information content (AvgIpc) is 2.28. The third-order valence-electron chi connectivity index (χ3n) is 3.42. The molecule has 4 heteroatoms. The Morgan fingerprint density at radius 1 is 1.44 bits per heavy atom. The fourth-order valence-electron chi connectivity index (χ4n) is 2.27. The summed E-state index contributed by atoms with van der Waals surface area (Å²) >= 11 is 0. The van der Waals surface area contributed by atoms with Crippen LogP contribution in [-0.4, -0.2) is 55.0 Å². The number of amides is 1. The lowest BCUT2D eigenvalue weighted by Crippen LogP contribution is -2.49. The van der Waals surface area contributed by atoms with E-state index >= 15 is 0 Å². The molecular formula is C12H25N3O. The van der Waals surface area contributed by atoms with Crippen LogP contribution in [0.1, 0.15) is 32.6 Å². The van der Waals surface area contributed by atoms with Crippen molar-refractivity contribution in [1.29, 1.82) is 0 Å². The summed E-state index contributed by atoms with van der Waals surface area (Å²) in [6.07, 6.45) is 3.91. The van der Waals surface area contributed by atoms with Gasteiger partial charge in [-0.2, -0.15) is 0 Å². The second kappa shape index (κ2) is 6.21. The first-order valence-corrected chi connectivity index (χ1v) is 6.27. The highest BCUT2D eigenvalue weighted by atomic mass is 16.2. The van der Waals surface area contributed by atoms with Gasteiger partial charge < -0.3 is 15.5 Å². The highest BCUT2D eigenvalue weighted by Gasteiger charge is 2.26. The van der Waals surface area contributed by atoms with E-state index < -0.39 is 0 Å². The number of carbonyl (C=O) groups is 1. The second-order valence-electron chi connectivity index (χ2n) is 4.92. The number of piperidine rings is 1. The zero-order chi connectivity index (χ0) is 12.1. The van der Waals surface area contributed by atoms with E-state index in [4.69, 9.17) is 5.73 Å². The van der Waals surface area contributed by atoms with E-state index in [0.29, 0.717) is 6.04 Å². The minimum Gasteiger partial charge on any atom is -0.341 e. The van der Waals surface area contributed by atoms with Crippen molar-refractivity contribution < 1.29 is 4.79 Å². The molecule has 0 aromatic carbocycles. The van der Waals surface area contributed by atoms with E-state index in [1.807, 2.05) is 4.90 Å². The number of carbonyl (C=O) groups excluding carboxylic acids is 1. The maximum absolute atomic E-state index is 12.0. The number of hydrogen-bond donors (Lipinski definition) is 1. The normalized spacial score (nSPS) is 20.2. The van der Waals surface area contributed by atoms with Gasteiger partial charge in [0.25, 0.3) is 0 Å². The minimum atomic E-state index is -0.291. The van der Waals surface area contributed by atoms with Crippen LogP contribution in [0.2, 0.25) is 0 Å². The molecule has 1 amide bonds. The molecule has 0 aliphatic carbocycles.